The number of benzene rings is 1. The average molecular weight is 367 g/mol. The summed E-state index contributed by atoms with van der Waals surface area (Å²) in [6.45, 7) is 3.90. The second-order valence-corrected chi connectivity index (χ2v) is 6.37. The molecule has 6 heteroatoms. The number of nitrogens with zero attached hydrogens (tertiary/aromatic N) is 2. The summed E-state index contributed by atoms with van der Waals surface area (Å²) in [6, 6.07) is 12.2. The molecule has 0 radical (unpaired) electrons. The highest BCUT2D eigenvalue weighted by Gasteiger charge is 2.18. The first-order valence-corrected chi connectivity index (χ1v) is 9.00. The van der Waals surface area contributed by atoms with Crippen LogP contribution >= 0.6 is 0 Å². The highest BCUT2D eigenvalue weighted by Crippen LogP contribution is 2.22. The predicted octanol–water partition coefficient (Wildman–Crippen LogP) is 3.24. The van der Waals surface area contributed by atoms with Crippen molar-refractivity contribution < 1.29 is 13.9 Å². The minimum atomic E-state index is -0.388. The third-order valence-corrected chi connectivity index (χ3v) is 4.66. The van der Waals surface area contributed by atoms with Crippen LogP contribution in [0.1, 0.15) is 33.9 Å². The number of aliphatic imine (C=N–C) groups is 1. The van der Waals surface area contributed by atoms with Gasteiger partial charge in [0.05, 0.1) is 13.7 Å². The summed E-state index contributed by atoms with van der Waals surface area (Å²) in [5, 5.41) is 3.31. The van der Waals surface area contributed by atoms with Crippen molar-refractivity contribution in [3.8, 4) is 0 Å². The van der Waals surface area contributed by atoms with Gasteiger partial charge in [0.25, 0.3) is 0 Å². The summed E-state index contributed by atoms with van der Waals surface area (Å²) in [6.07, 6.45) is 3.22. The lowest BCUT2D eigenvalue weighted by molar-refractivity contribution is 0.0599. The molecule has 0 fully saturated rings. The Morgan fingerprint density at radius 3 is 2.74 bits per heavy atom. The zero-order valence-corrected chi connectivity index (χ0v) is 16.0. The SMILES string of the molecule is CN=C(NCc1cc(C(=O)OC)c(C)o1)N1CC=C(c2ccccc2)CC1. The fourth-order valence-corrected chi connectivity index (χ4v) is 3.22. The van der Waals surface area contributed by atoms with E-state index in [-0.39, 0.29) is 5.97 Å². The zero-order valence-electron chi connectivity index (χ0n) is 16.0. The summed E-state index contributed by atoms with van der Waals surface area (Å²) in [5.74, 6) is 1.65. The van der Waals surface area contributed by atoms with E-state index in [0.29, 0.717) is 23.6 Å². The molecule has 1 aromatic carbocycles. The second kappa shape index (κ2) is 8.58. The van der Waals surface area contributed by atoms with Gasteiger partial charge >= 0.3 is 5.97 Å². The molecule has 0 saturated heterocycles. The number of nitrogens with one attached hydrogen (secondary N) is 1. The fraction of sp³-hybridized carbons (Fsp3) is 0.333. The molecule has 0 bridgehead atoms. The van der Waals surface area contributed by atoms with Crippen molar-refractivity contribution in [2.45, 2.75) is 19.9 Å². The molecule has 1 N–H and O–H groups in total. The minimum Gasteiger partial charge on any atom is -0.465 e. The van der Waals surface area contributed by atoms with Crippen molar-refractivity contribution in [1.29, 1.82) is 0 Å². The van der Waals surface area contributed by atoms with Crippen LogP contribution in [0.15, 0.2) is 51.9 Å². The van der Waals surface area contributed by atoms with Gasteiger partial charge in [0.15, 0.2) is 5.96 Å². The van der Waals surface area contributed by atoms with Crippen LogP contribution in [0.2, 0.25) is 0 Å². The molecular formula is C21H25N3O3. The molecule has 0 unspecified atom stereocenters. The normalized spacial score (nSPS) is 14.7. The first-order valence-electron chi connectivity index (χ1n) is 9.00. The van der Waals surface area contributed by atoms with E-state index in [4.69, 9.17) is 9.15 Å². The maximum atomic E-state index is 11.7. The van der Waals surface area contributed by atoms with Gasteiger partial charge < -0.3 is 19.4 Å². The minimum absolute atomic E-state index is 0.388. The van der Waals surface area contributed by atoms with E-state index in [0.717, 1.165) is 25.5 Å². The van der Waals surface area contributed by atoms with Crippen LogP contribution in [0.5, 0.6) is 0 Å². The van der Waals surface area contributed by atoms with E-state index in [1.54, 1.807) is 20.0 Å². The van der Waals surface area contributed by atoms with E-state index in [1.165, 1.54) is 18.2 Å². The first-order chi connectivity index (χ1) is 13.1. The molecule has 6 nitrogen and oxygen atoms in total. The van der Waals surface area contributed by atoms with Crippen LogP contribution < -0.4 is 5.32 Å². The summed E-state index contributed by atoms with van der Waals surface area (Å²) < 4.78 is 10.4. The third kappa shape index (κ3) is 4.39. The molecule has 142 valence electrons. The van der Waals surface area contributed by atoms with Gasteiger partial charge in [-0.2, -0.15) is 0 Å². The molecule has 0 saturated carbocycles. The molecule has 27 heavy (non-hydrogen) atoms. The highest BCUT2D eigenvalue weighted by atomic mass is 16.5. The Morgan fingerprint density at radius 2 is 2.11 bits per heavy atom. The molecule has 1 aliphatic rings. The monoisotopic (exact) mass is 367 g/mol. The van der Waals surface area contributed by atoms with Crippen molar-refractivity contribution in [3.05, 3.63) is 65.1 Å². The van der Waals surface area contributed by atoms with Gasteiger partial charge in [-0.1, -0.05) is 36.4 Å². The molecule has 0 atom stereocenters. The lowest BCUT2D eigenvalue weighted by Crippen LogP contribution is -2.43. The number of esters is 1. The van der Waals surface area contributed by atoms with Gasteiger partial charge in [0.2, 0.25) is 0 Å². The van der Waals surface area contributed by atoms with Crippen molar-refractivity contribution in [1.82, 2.24) is 10.2 Å². The highest BCUT2D eigenvalue weighted by molar-refractivity contribution is 5.90. The number of methoxy groups -OCH3 is 1. The average Bonchev–Trinajstić information content (AvgIpc) is 3.09. The number of guanidine groups is 1. The third-order valence-electron chi connectivity index (χ3n) is 4.66. The smallest absolute Gasteiger partial charge is 0.341 e. The molecule has 3 rings (SSSR count). The molecule has 0 amide bonds. The van der Waals surface area contributed by atoms with Crippen molar-refractivity contribution in [2.75, 3.05) is 27.2 Å². The standard InChI is InChI=1S/C21H25N3O3/c1-15-19(20(25)26-3)13-18(27-15)14-23-21(22-2)24-11-9-17(10-12-24)16-7-5-4-6-8-16/h4-9,13H,10-12,14H2,1-3H3,(H,22,23). The maximum absolute atomic E-state index is 11.7. The van der Waals surface area contributed by atoms with Crippen LogP contribution in [-0.4, -0.2) is 44.1 Å². The molecule has 2 heterocycles. The molecule has 0 aliphatic carbocycles. The van der Waals surface area contributed by atoms with Gasteiger partial charge in [-0.3, -0.25) is 4.99 Å². The number of carbonyl (C=O) groups is 1. The Hall–Kier alpha value is -3.02. The topological polar surface area (TPSA) is 67.1 Å². The number of rotatable bonds is 4. The van der Waals surface area contributed by atoms with Gasteiger partial charge in [0.1, 0.15) is 17.1 Å². The van der Waals surface area contributed by atoms with E-state index in [1.807, 2.05) is 6.07 Å². The number of hydrogen-bond donors (Lipinski definition) is 1. The van der Waals surface area contributed by atoms with Gasteiger partial charge in [0, 0.05) is 20.1 Å². The summed E-state index contributed by atoms with van der Waals surface area (Å²) in [4.78, 5) is 18.3. The van der Waals surface area contributed by atoms with E-state index < -0.39 is 0 Å². The fourth-order valence-electron chi connectivity index (χ4n) is 3.22. The van der Waals surface area contributed by atoms with Gasteiger partial charge in [-0.25, -0.2) is 4.79 Å². The predicted molar refractivity (Wildman–Crippen MR) is 106 cm³/mol. The number of hydrogen-bond acceptors (Lipinski definition) is 4. The molecule has 0 spiro atoms. The Morgan fingerprint density at radius 1 is 1.33 bits per heavy atom. The zero-order chi connectivity index (χ0) is 19.2. The molecular weight excluding hydrogens is 342 g/mol. The number of carbonyl (C=O) groups excluding carboxylic acids is 1. The number of aryl methyl sites for hydroxylation is 1. The van der Waals surface area contributed by atoms with Gasteiger partial charge in [-0.05, 0) is 30.5 Å². The Bertz CT molecular complexity index is 853. The maximum Gasteiger partial charge on any atom is 0.341 e. The van der Waals surface area contributed by atoms with Crippen molar-refractivity contribution in [2.24, 2.45) is 4.99 Å². The van der Waals surface area contributed by atoms with Crippen LogP contribution in [0.4, 0.5) is 0 Å². The summed E-state index contributed by atoms with van der Waals surface area (Å²) >= 11 is 0. The van der Waals surface area contributed by atoms with Crippen LogP contribution in [-0.2, 0) is 11.3 Å². The summed E-state index contributed by atoms with van der Waals surface area (Å²) in [7, 11) is 3.13. The van der Waals surface area contributed by atoms with Crippen LogP contribution in [0, 0.1) is 6.92 Å². The number of ether oxygens (including phenoxy) is 1. The summed E-state index contributed by atoms with van der Waals surface area (Å²) in [5.41, 5.74) is 3.10. The first kappa shape index (κ1) is 18.8. The van der Waals surface area contributed by atoms with Crippen molar-refractivity contribution in [3.63, 3.8) is 0 Å². The quantitative estimate of drug-likeness (QED) is 0.510. The van der Waals surface area contributed by atoms with Crippen LogP contribution in [0.25, 0.3) is 5.57 Å². The Labute approximate surface area is 159 Å². The largest absolute Gasteiger partial charge is 0.465 e. The lowest BCUT2D eigenvalue weighted by Gasteiger charge is -2.29. The van der Waals surface area contributed by atoms with E-state index in [2.05, 4.69) is 45.6 Å². The Balaban J connectivity index is 1.61. The lowest BCUT2D eigenvalue weighted by atomic mass is 10.00. The molecule has 1 aliphatic heterocycles. The Kier molecular flexibility index (Phi) is 5.96. The van der Waals surface area contributed by atoms with Crippen molar-refractivity contribution >= 4 is 17.5 Å². The molecule has 2 aromatic rings. The van der Waals surface area contributed by atoms with E-state index >= 15 is 0 Å². The van der Waals surface area contributed by atoms with E-state index in [9.17, 15) is 4.79 Å². The number of furan rings is 1. The molecule has 1 aromatic heterocycles. The van der Waals surface area contributed by atoms with Crippen LogP contribution in [0.3, 0.4) is 0 Å². The second-order valence-electron chi connectivity index (χ2n) is 6.37. The van der Waals surface area contributed by atoms with Gasteiger partial charge in [-0.15, -0.1) is 0 Å².